The van der Waals surface area contributed by atoms with Crippen LogP contribution in [0.2, 0.25) is 5.28 Å². The molecule has 0 spiro atoms. The molecule has 4 rings (SSSR count). The van der Waals surface area contributed by atoms with Crippen molar-refractivity contribution in [2.75, 3.05) is 59.1 Å². The van der Waals surface area contributed by atoms with E-state index in [9.17, 15) is 34.0 Å². The molecule has 0 fully saturated rings. The first-order valence-electron chi connectivity index (χ1n) is 16.3. The van der Waals surface area contributed by atoms with Crippen LogP contribution >= 0.6 is 35.7 Å². The Bertz CT molecular complexity index is 2640. The molecule has 1 atom stereocenters. The minimum atomic E-state index is -5.15. The van der Waals surface area contributed by atoms with Gasteiger partial charge in [-0.15, -0.1) is 24.0 Å². The molecule has 1 heterocycles. The molecule has 4 aromatic rings. The van der Waals surface area contributed by atoms with E-state index < -0.39 is 75.0 Å². The normalized spacial score (nSPS) is 12.9. The first kappa shape index (κ1) is 51.3. The number of azo groups is 2. The lowest BCUT2D eigenvalue weighted by molar-refractivity contribution is -0.435. The zero-order chi connectivity index (χ0) is 46.2. The maximum Gasteiger partial charge on any atom is 0.397 e. The third-order valence-corrected chi connectivity index (χ3v) is 11.9. The second-order valence-electron chi connectivity index (χ2n) is 11.1. The van der Waals surface area contributed by atoms with Gasteiger partial charge in [0.1, 0.15) is 22.0 Å². The molecule has 1 aromatic heterocycles. The minimum Gasteiger partial charge on any atom is -0.398 e. The molecule has 36 heteroatoms. The zero-order valence-electron chi connectivity index (χ0n) is 31.0. The highest BCUT2D eigenvalue weighted by Gasteiger charge is 2.23. The zero-order valence-corrected chi connectivity index (χ0v) is 36.6. The summed E-state index contributed by atoms with van der Waals surface area (Å²) in [5.74, 6) is -1.26. The molecule has 0 radical (unpaired) electrons. The third-order valence-electron chi connectivity index (χ3n) is 6.83. The number of nitrogens with one attached hydrogen (secondary N) is 2. The van der Waals surface area contributed by atoms with Gasteiger partial charge in [0.25, 0.3) is 10.1 Å². The van der Waals surface area contributed by atoms with Crippen LogP contribution in [0.4, 0.5) is 51.7 Å². The summed E-state index contributed by atoms with van der Waals surface area (Å²) in [6.07, 6.45) is 0. The Balaban J connectivity index is 1.71. The third kappa shape index (κ3) is 17.3. The molecule has 63 heavy (non-hydrogen) atoms. The summed E-state index contributed by atoms with van der Waals surface area (Å²) in [6.45, 7) is -1.02. The Hall–Kier alpha value is -4.38. The van der Waals surface area contributed by atoms with Crippen molar-refractivity contribution in [1.82, 2.24) is 15.0 Å². The molecule has 0 bridgehead atoms. The summed E-state index contributed by atoms with van der Waals surface area (Å²) in [4.78, 5) is 16.0. The number of nitrogens with zero attached hydrogens (tertiary/aromatic N) is 7. The molecule has 3 aromatic carbocycles. The van der Waals surface area contributed by atoms with Gasteiger partial charge in [-0.3, -0.25) is 9.11 Å². The number of anilines is 5. The molecule has 1 unspecified atom stereocenters. The SMILES string of the molecule is Nc1cc(N)c(S(=O)(=O)CCOS(=O)(=O)O)cc1N=Nc1cc(Nc2nc(Cl)nc(NCCSOOO)n2)c(N=Nc2ccc(SOOCCS(=O)OOO)cc2)cc1S(=O)(=O)O. The fourth-order valence-electron chi connectivity index (χ4n) is 4.26. The highest BCUT2D eigenvalue weighted by molar-refractivity contribution is 7.94. The van der Waals surface area contributed by atoms with Crippen molar-refractivity contribution in [3.8, 4) is 0 Å². The number of nitrogen functional groups attached to an aromatic ring is 2. The van der Waals surface area contributed by atoms with Crippen LogP contribution in [0.15, 0.2) is 83.7 Å². The van der Waals surface area contributed by atoms with Crippen LogP contribution in [0.1, 0.15) is 0 Å². The maximum atomic E-state index is 13.0. The average molecular weight is 1020 g/mol. The van der Waals surface area contributed by atoms with Crippen molar-refractivity contribution in [1.29, 1.82) is 0 Å². The Morgan fingerprint density at radius 2 is 1.48 bits per heavy atom. The number of hydrogen-bond donors (Lipinski definition) is 8. The topological polar surface area (TPSA) is 429 Å². The van der Waals surface area contributed by atoms with Crippen LogP contribution in [-0.4, -0.2) is 101 Å². The Morgan fingerprint density at radius 1 is 0.794 bits per heavy atom. The van der Waals surface area contributed by atoms with Gasteiger partial charge in [-0.2, -0.15) is 41.2 Å². The fraction of sp³-hybridized carbons (Fsp3) is 0.222. The van der Waals surface area contributed by atoms with Gasteiger partial charge in [0.05, 0.1) is 64.4 Å². The van der Waals surface area contributed by atoms with E-state index in [1.807, 2.05) is 0 Å². The van der Waals surface area contributed by atoms with Gasteiger partial charge >= 0.3 is 10.4 Å². The van der Waals surface area contributed by atoms with Crippen molar-refractivity contribution in [3.05, 3.63) is 53.8 Å². The second-order valence-corrected chi connectivity index (χ2v) is 18.7. The van der Waals surface area contributed by atoms with Gasteiger partial charge in [-0.05, 0) is 60.1 Å². The van der Waals surface area contributed by atoms with E-state index in [0.29, 0.717) is 4.90 Å². The smallest absolute Gasteiger partial charge is 0.397 e. The molecule has 0 saturated heterocycles. The summed E-state index contributed by atoms with van der Waals surface area (Å²) in [6, 6.07) is 9.71. The average Bonchev–Trinajstić information content (AvgIpc) is 3.19. The fourth-order valence-corrected chi connectivity index (χ4v) is 7.76. The number of rotatable bonds is 26. The summed E-state index contributed by atoms with van der Waals surface area (Å²) >= 11 is 5.64. The predicted octanol–water partition coefficient (Wildman–Crippen LogP) is 4.63. The van der Waals surface area contributed by atoms with E-state index in [1.54, 1.807) is 0 Å². The first-order valence-corrected chi connectivity index (χ1v) is 24.0. The highest BCUT2D eigenvalue weighted by atomic mass is 35.5. The largest absolute Gasteiger partial charge is 0.398 e. The van der Waals surface area contributed by atoms with Gasteiger partial charge in [-0.1, -0.05) is 10.1 Å². The van der Waals surface area contributed by atoms with E-state index in [0.717, 1.165) is 48.4 Å². The van der Waals surface area contributed by atoms with Crippen LogP contribution < -0.4 is 22.1 Å². The van der Waals surface area contributed by atoms with Gasteiger partial charge in [0.2, 0.25) is 17.2 Å². The Kier molecular flexibility index (Phi) is 19.6. The monoisotopic (exact) mass is 1020 g/mol. The lowest BCUT2D eigenvalue weighted by Gasteiger charge is -2.12. The molecule has 344 valence electrons. The molecule has 0 amide bonds. The number of aromatic nitrogens is 3. The van der Waals surface area contributed by atoms with E-state index in [4.69, 9.17) is 47.4 Å². The number of nitrogens with two attached hydrogens (primary N) is 2. The van der Waals surface area contributed by atoms with Gasteiger partial charge in [-0.25, -0.2) is 32.2 Å². The number of sulfone groups is 1. The van der Waals surface area contributed by atoms with Crippen molar-refractivity contribution >= 4 is 129 Å². The van der Waals surface area contributed by atoms with Crippen molar-refractivity contribution in [2.24, 2.45) is 20.5 Å². The van der Waals surface area contributed by atoms with Crippen LogP contribution in [0.25, 0.3) is 0 Å². The quantitative estimate of drug-likeness (QED) is 0.00808. The summed E-state index contributed by atoms with van der Waals surface area (Å²) < 4.78 is 121. The minimum absolute atomic E-state index is 0.0672. The first-order chi connectivity index (χ1) is 29.8. The van der Waals surface area contributed by atoms with Crippen LogP contribution in [0.5, 0.6) is 0 Å². The summed E-state index contributed by atoms with van der Waals surface area (Å²) in [7, 11) is -14.5. The summed E-state index contributed by atoms with van der Waals surface area (Å²) in [5.41, 5.74) is 10.0. The van der Waals surface area contributed by atoms with Crippen LogP contribution in [-0.2, 0) is 73.6 Å². The van der Waals surface area contributed by atoms with Crippen molar-refractivity contribution in [2.45, 2.75) is 14.7 Å². The molecule has 0 aliphatic rings. The van der Waals surface area contributed by atoms with Crippen LogP contribution in [0, 0.1) is 0 Å². The Labute approximate surface area is 371 Å². The van der Waals surface area contributed by atoms with Gasteiger partial charge < -0.3 is 22.1 Å². The molecule has 0 aliphatic carbocycles. The molecular weight excluding hydrogens is 994 g/mol. The lowest BCUT2D eigenvalue weighted by atomic mass is 10.2. The van der Waals surface area contributed by atoms with Gasteiger partial charge in [0.15, 0.2) is 20.9 Å². The molecule has 10 N–H and O–H groups in total. The highest BCUT2D eigenvalue weighted by Crippen LogP contribution is 2.40. The standard InChI is InChI=1S/C27H30ClN11O18S6/c28-25-33-26(31-5-8-58-56-53-40)35-27(34-25)32-20-12-22(39-37-19-13-23(18(30)11-17(19)29)61(43,44)10-7-52-63(48,49)50)24(62(45,46)47)14-21(20)38-36-15-1-3-16(4-2-15)59-55-51-6-9-60(42)57-54-41/h1-4,11-14,40-41H,5-10,29-30H2,(H,45,46,47)(H,48,49,50)(H2,31,32,33,34,35). The van der Waals surface area contributed by atoms with E-state index >= 15 is 0 Å². The molecule has 29 nitrogen and oxygen atoms in total. The number of hydrogen-bond acceptors (Lipinski definition) is 29. The summed E-state index contributed by atoms with van der Waals surface area (Å²) in [5, 5.41) is 44.5. The van der Waals surface area contributed by atoms with Gasteiger partial charge in [0, 0.05) is 29.2 Å². The van der Waals surface area contributed by atoms with E-state index in [2.05, 4.69) is 69.0 Å². The van der Waals surface area contributed by atoms with E-state index in [1.165, 1.54) is 24.3 Å². The molecular formula is C27H30ClN11O18S6. The molecule has 0 saturated carbocycles. The number of benzene rings is 3. The van der Waals surface area contributed by atoms with E-state index in [-0.39, 0.29) is 70.3 Å². The lowest BCUT2D eigenvalue weighted by Crippen LogP contribution is -2.16. The maximum absolute atomic E-state index is 13.0. The number of halogens is 1. The predicted molar refractivity (Wildman–Crippen MR) is 220 cm³/mol. The van der Waals surface area contributed by atoms with Crippen molar-refractivity contribution in [3.63, 3.8) is 0 Å². The Morgan fingerprint density at radius 3 is 2.16 bits per heavy atom. The van der Waals surface area contributed by atoms with Crippen molar-refractivity contribution < 1.29 is 81.2 Å². The second kappa shape index (κ2) is 24.1. The molecule has 0 aliphatic heterocycles. The van der Waals surface area contributed by atoms with Crippen LogP contribution in [0.3, 0.4) is 0 Å².